The first-order chi connectivity index (χ1) is 9.25. The molecule has 0 fully saturated rings. The van der Waals surface area contributed by atoms with E-state index in [0.29, 0.717) is 10.7 Å². The SMILES string of the molecule is FC(F)(F)c1nc(Cl)cc(Nc2cc(Cl)ccc2Cl)n1. The van der Waals surface area contributed by atoms with Crippen LogP contribution in [0.4, 0.5) is 24.7 Å². The molecular formula is C11H5Cl3F3N3. The lowest BCUT2D eigenvalue weighted by Gasteiger charge is -2.11. The number of hydrogen-bond donors (Lipinski definition) is 1. The molecule has 0 amide bonds. The molecule has 0 bridgehead atoms. The Morgan fingerprint density at radius 3 is 2.35 bits per heavy atom. The van der Waals surface area contributed by atoms with Crippen molar-refractivity contribution < 1.29 is 13.2 Å². The molecule has 106 valence electrons. The van der Waals surface area contributed by atoms with Gasteiger partial charge >= 0.3 is 6.18 Å². The molecule has 0 atom stereocenters. The molecule has 1 aromatic heterocycles. The number of rotatable bonds is 2. The van der Waals surface area contributed by atoms with Crippen LogP contribution in [0.3, 0.4) is 0 Å². The molecule has 9 heteroatoms. The summed E-state index contributed by atoms with van der Waals surface area (Å²) >= 11 is 17.2. The van der Waals surface area contributed by atoms with Gasteiger partial charge in [-0.2, -0.15) is 13.2 Å². The van der Waals surface area contributed by atoms with Crippen molar-refractivity contribution in [3.63, 3.8) is 0 Å². The van der Waals surface area contributed by atoms with Crippen LogP contribution in [-0.4, -0.2) is 9.97 Å². The van der Waals surface area contributed by atoms with Crippen molar-refractivity contribution in [3.8, 4) is 0 Å². The number of nitrogens with zero attached hydrogens (tertiary/aromatic N) is 2. The average Bonchev–Trinajstić information content (AvgIpc) is 2.32. The lowest BCUT2D eigenvalue weighted by molar-refractivity contribution is -0.144. The Morgan fingerprint density at radius 2 is 1.70 bits per heavy atom. The summed E-state index contributed by atoms with van der Waals surface area (Å²) in [5.74, 6) is -1.48. The summed E-state index contributed by atoms with van der Waals surface area (Å²) in [4.78, 5) is 6.45. The lowest BCUT2D eigenvalue weighted by atomic mass is 10.3. The molecule has 0 aliphatic heterocycles. The Bertz CT molecular complexity index is 647. The van der Waals surface area contributed by atoms with E-state index in [1.54, 1.807) is 6.07 Å². The second-order valence-electron chi connectivity index (χ2n) is 3.65. The maximum Gasteiger partial charge on any atom is 0.451 e. The van der Waals surface area contributed by atoms with Gasteiger partial charge in [0.05, 0.1) is 10.7 Å². The maximum absolute atomic E-state index is 12.6. The van der Waals surface area contributed by atoms with Crippen molar-refractivity contribution in [2.24, 2.45) is 0 Å². The summed E-state index contributed by atoms with van der Waals surface area (Å²) in [7, 11) is 0. The Labute approximate surface area is 126 Å². The van der Waals surface area contributed by atoms with Crippen LogP contribution in [0.1, 0.15) is 5.82 Å². The predicted molar refractivity (Wildman–Crippen MR) is 71.8 cm³/mol. The summed E-state index contributed by atoms with van der Waals surface area (Å²) in [5.41, 5.74) is 0.307. The molecule has 20 heavy (non-hydrogen) atoms. The standard InChI is InChI=1S/C11H5Cl3F3N3/c12-5-1-2-6(13)7(3-5)18-9-4-8(14)19-10(20-9)11(15,16)17/h1-4H,(H,18,19,20). The fraction of sp³-hybridized carbons (Fsp3) is 0.0909. The minimum atomic E-state index is -4.69. The minimum Gasteiger partial charge on any atom is -0.339 e. The van der Waals surface area contributed by atoms with Crippen LogP contribution in [0.5, 0.6) is 0 Å². The van der Waals surface area contributed by atoms with Crippen LogP contribution < -0.4 is 5.32 Å². The van der Waals surface area contributed by atoms with Crippen molar-refractivity contribution in [2.45, 2.75) is 6.18 Å². The largest absolute Gasteiger partial charge is 0.451 e. The fourth-order valence-corrected chi connectivity index (χ4v) is 1.86. The zero-order valence-corrected chi connectivity index (χ0v) is 11.7. The van der Waals surface area contributed by atoms with E-state index in [1.165, 1.54) is 12.1 Å². The van der Waals surface area contributed by atoms with Crippen LogP contribution in [0.25, 0.3) is 0 Å². The summed E-state index contributed by atoms with van der Waals surface area (Å²) in [6.07, 6.45) is -4.69. The molecule has 0 spiro atoms. The molecule has 0 saturated carbocycles. The predicted octanol–water partition coefficient (Wildman–Crippen LogP) is 5.20. The molecule has 0 aliphatic carbocycles. The molecule has 0 aliphatic rings. The second-order valence-corrected chi connectivity index (χ2v) is 4.88. The van der Waals surface area contributed by atoms with E-state index >= 15 is 0 Å². The van der Waals surface area contributed by atoms with E-state index in [0.717, 1.165) is 6.07 Å². The first-order valence-electron chi connectivity index (χ1n) is 5.09. The van der Waals surface area contributed by atoms with Gasteiger partial charge in [-0.25, -0.2) is 9.97 Å². The molecule has 0 radical (unpaired) electrons. The Hall–Kier alpha value is -1.24. The first kappa shape index (κ1) is 15.2. The highest BCUT2D eigenvalue weighted by Crippen LogP contribution is 2.31. The third-order valence-electron chi connectivity index (χ3n) is 2.14. The number of nitrogens with one attached hydrogen (secondary N) is 1. The quantitative estimate of drug-likeness (QED) is 0.762. The molecule has 2 aromatic rings. The summed E-state index contributed by atoms with van der Waals surface area (Å²) < 4.78 is 37.7. The van der Waals surface area contributed by atoms with Crippen molar-refractivity contribution in [3.05, 3.63) is 45.3 Å². The number of aromatic nitrogens is 2. The molecule has 1 aromatic carbocycles. The highest BCUT2D eigenvalue weighted by atomic mass is 35.5. The van der Waals surface area contributed by atoms with Gasteiger partial charge in [0.15, 0.2) is 0 Å². The molecule has 3 nitrogen and oxygen atoms in total. The van der Waals surface area contributed by atoms with Crippen molar-refractivity contribution >= 4 is 46.3 Å². The van der Waals surface area contributed by atoms with Crippen molar-refractivity contribution in [1.29, 1.82) is 0 Å². The van der Waals surface area contributed by atoms with Gasteiger partial charge in [0.2, 0.25) is 5.82 Å². The topological polar surface area (TPSA) is 37.8 Å². The average molecular weight is 343 g/mol. The number of anilines is 2. The lowest BCUT2D eigenvalue weighted by Crippen LogP contribution is -2.12. The van der Waals surface area contributed by atoms with Gasteiger partial charge in [0, 0.05) is 11.1 Å². The van der Waals surface area contributed by atoms with Crippen LogP contribution in [0.15, 0.2) is 24.3 Å². The molecule has 0 saturated heterocycles. The van der Waals surface area contributed by atoms with Crippen molar-refractivity contribution in [1.82, 2.24) is 9.97 Å². The summed E-state index contributed by atoms with van der Waals surface area (Å²) in [6, 6.07) is 5.64. The first-order valence-corrected chi connectivity index (χ1v) is 6.23. The van der Waals surface area contributed by atoms with Gasteiger partial charge in [-0.3, -0.25) is 0 Å². The van der Waals surface area contributed by atoms with Gasteiger partial charge in [0.1, 0.15) is 11.0 Å². The van der Waals surface area contributed by atoms with Crippen LogP contribution in [-0.2, 0) is 6.18 Å². The molecule has 0 unspecified atom stereocenters. The fourth-order valence-electron chi connectivity index (χ4n) is 1.34. The third-order valence-corrected chi connectivity index (χ3v) is 2.90. The van der Waals surface area contributed by atoms with E-state index in [9.17, 15) is 13.2 Å². The number of halogens is 6. The zero-order chi connectivity index (χ0) is 14.9. The van der Waals surface area contributed by atoms with Gasteiger partial charge in [-0.05, 0) is 18.2 Å². The molecular weight excluding hydrogens is 337 g/mol. The van der Waals surface area contributed by atoms with E-state index in [-0.39, 0.29) is 16.0 Å². The molecule has 2 rings (SSSR count). The Morgan fingerprint density at radius 1 is 1.00 bits per heavy atom. The van der Waals surface area contributed by atoms with Gasteiger partial charge in [-0.15, -0.1) is 0 Å². The van der Waals surface area contributed by atoms with E-state index < -0.39 is 12.0 Å². The highest BCUT2D eigenvalue weighted by Gasteiger charge is 2.35. The number of alkyl halides is 3. The Kier molecular flexibility index (Phi) is 4.27. The minimum absolute atomic E-state index is 0.138. The van der Waals surface area contributed by atoms with Gasteiger partial charge < -0.3 is 5.32 Å². The van der Waals surface area contributed by atoms with E-state index in [2.05, 4.69) is 15.3 Å². The van der Waals surface area contributed by atoms with Gasteiger partial charge in [-0.1, -0.05) is 34.8 Å². The molecule has 1 heterocycles. The monoisotopic (exact) mass is 341 g/mol. The van der Waals surface area contributed by atoms with Crippen molar-refractivity contribution in [2.75, 3.05) is 5.32 Å². The number of hydrogen-bond acceptors (Lipinski definition) is 3. The highest BCUT2D eigenvalue weighted by molar-refractivity contribution is 6.35. The molecule has 1 N–H and O–H groups in total. The Balaban J connectivity index is 2.39. The third kappa shape index (κ3) is 3.65. The normalized spacial score (nSPS) is 11.5. The smallest absolute Gasteiger partial charge is 0.339 e. The zero-order valence-electron chi connectivity index (χ0n) is 9.47. The summed E-state index contributed by atoms with van der Waals surface area (Å²) in [6.45, 7) is 0. The van der Waals surface area contributed by atoms with Crippen LogP contribution in [0.2, 0.25) is 15.2 Å². The van der Waals surface area contributed by atoms with Gasteiger partial charge in [0.25, 0.3) is 0 Å². The van der Waals surface area contributed by atoms with E-state index in [1.807, 2.05) is 0 Å². The van der Waals surface area contributed by atoms with Crippen LogP contribution in [0, 0.1) is 0 Å². The van der Waals surface area contributed by atoms with E-state index in [4.69, 9.17) is 34.8 Å². The summed E-state index contributed by atoms with van der Waals surface area (Å²) in [5, 5.41) is 2.92. The number of benzene rings is 1. The maximum atomic E-state index is 12.6. The van der Waals surface area contributed by atoms with Crippen LogP contribution >= 0.6 is 34.8 Å². The second kappa shape index (κ2) is 5.63.